The minimum Gasteiger partial charge on any atom is -0.259 e. The van der Waals surface area contributed by atoms with E-state index < -0.39 is 6.03 Å². The standard InChI is InChI=1S/C14H32N4O4/c1-5-6-7-8-9-10-11-12-13-16(15)14(19)17(20-2)18(21-3)22-4/h5-13,15H2,1-4H3. The van der Waals surface area contributed by atoms with Crippen LogP contribution in [0.4, 0.5) is 4.79 Å². The molecule has 0 aliphatic carbocycles. The Bertz CT molecular complexity index is 278. The highest BCUT2D eigenvalue weighted by Gasteiger charge is 2.26. The maximum absolute atomic E-state index is 12.1. The van der Waals surface area contributed by atoms with Crippen molar-refractivity contribution in [2.45, 2.75) is 58.3 Å². The third kappa shape index (κ3) is 8.50. The Morgan fingerprint density at radius 3 is 1.82 bits per heavy atom. The Hall–Kier alpha value is -0.930. The molecule has 132 valence electrons. The average molecular weight is 320 g/mol. The zero-order valence-corrected chi connectivity index (χ0v) is 14.4. The number of urea groups is 1. The Labute approximate surface area is 133 Å². The molecule has 0 radical (unpaired) electrons. The number of carbonyl (C=O) groups is 1. The predicted molar refractivity (Wildman–Crippen MR) is 83.6 cm³/mol. The van der Waals surface area contributed by atoms with Crippen LogP contribution in [0.15, 0.2) is 0 Å². The van der Waals surface area contributed by atoms with Gasteiger partial charge in [0, 0.05) is 6.54 Å². The Balaban J connectivity index is 3.89. The quantitative estimate of drug-likeness (QED) is 0.243. The second-order valence-corrected chi connectivity index (χ2v) is 5.01. The first kappa shape index (κ1) is 21.1. The number of hydrogen-bond donors (Lipinski definition) is 1. The van der Waals surface area contributed by atoms with E-state index in [-0.39, 0.29) is 0 Å². The molecular weight excluding hydrogens is 288 g/mol. The molecule has 0 aromatic carbocycles. The molecule has 8 nitrogen and oxygen atoms in total. The smallest absolute Gasteiger partial charge is 0.259 e. The highest BCUT2D eigenvalue weighted by Crippen LogP contribution is 2.09. The number of amides is 2. The van der Waals surface area contributed by atoms with Crippen LogP contribution in [0.2, 0.25) is 0 Å². The Morgan fingerprint density at radius 1 is 0.864 bits per heavy atom. The molecule has 0 unspecified atom stereocenters. The van der Waals surface area contributed by atoms with Gasteiger partial charge in [0.2, 0.25) is 0 Å². The normalized spacial score (nSPS) is 11.0. The van der Waals surface area contributed by atoms with E-state index in [1.165, 1.54) is 59.9 Å². The molecule has 0 spiro atoms. The van der Waals surface area contributed by atoms with Crippen LogP contribution in [0.1, 0.15) is 58.3 Å². The number of unbranched alkanes of at least 4 members (excludes halogenated alkanes) is 7. The van der Waals surface area contributed by atoms with E-state index in [0.717, 1.165) is 28.4 Å². The van der Waals surface area contributed by atoms with E-state index in [9.17, 15) is 4.79 Å². The van der Waals surface area contributed by atoms with Crippen molar-refractivity contribution in [1.29, 1.82) is 0 Å². The van der Waals surface area contributed by atoms with Crippen molar-refractivity contribution in [3.05, 3.63) is 0 Å². The van der Waals surface area contributed by atoms with E-state index in [2.05, 4.69) is 6.92 Å². The molecule has 0 aromatic rings. The lowest BCUT2D eigenvalue weighted by atomic mass is 10.1. The number of hydrogen-bond acceptors (Lipinski definition) is 6. The summed E-state index contributed by atoms with van der Waals surface area (Å²) in [7, 11) is 4.03. The van der Waals surface area contributed by atoms with E-state index in [1.807, 2.05) is 0 Å². The molecule has 0 saturated heterocycles. The highest BCUT2D eigenvalue weighted by atomic mass is 17.0. The molecule has 0 fully saturated rings. The summed E-state index contributed by atoms with van der Waals surface area (Å²) in [4.78, 5) is 26.6. The van der Waals surface area contributed by atoms with E-state index in [4.69, 9.17) is 20.4 Å². The summed E-state index contributed by atoms with van der Waals surface area (Å²) in [6.45, 7) is 2.67. The van der Waals surface area contributed by atoms with Gasteiger partial charge in [-0.25, -0.2) is 10.6 Å². The lowest BCUT2D eigenvalue weighted by Crippen LogP contribution is -2.53. The first-order valence-electron chi connectivity index (χ1n) is 7.91. The molecule has 22 heavy (non-hydrogen) atoms. The number of hydroxylamine groups is 1. The van der Waals surface area contributed by atoms with Crippen molar-refractivity contribution >= 4 is 6.03 Å². The second kappa shape index (κ2) is 13.7. The van der Waals surface area contributed by atoms with Crippen LogP contribution >= 0.6 is 0 Å². The van der Waals surface area contributed by atoms with Crippen LogP contribution in [0, 0.1) is 0 Å². The van der Waals surface area contributed by atoms with Gasteiger partial charge in [-0.3, -0.25) is 19.5 Å². The van der Waals surface area contributed by atoms with Crippen molar-refractivity contribution in [2.24, 2.45) is 5.84 Å². The van der Waals surface area contributed by atoms with Gasteiger partial charge in [-0.2, -0.15) is 0 Å². The number of rotatable bonds is 13. The molecule has 0 heterocycles. The first-order valence-corrected chi connectivity index (χ1v) is 7.91. The van der Waals surface area contributed by atoms with Gasteiger partial charge in [-0.05, 0) is 6.42 Å². The van der Waals surface area contributed by atoms with Crippen LogP contribution in [0.25, 0.3) is 0 Å². The fraction of sp³-hybridized carbons (Fsp3) is 0.929. The SMILES string of the molecule is CCCCCCCCCCN(N)C(=O)N(OC)N(OC)OC. The van der Waals surface area contributed by atoms with Gasteiger partial charge in [-0.15, -0.1) is 0 Å². The van der Waals surface area contributed by atoms with Crippen LogP contribution < -0.4 is 5.84 Å². The predicted octanol–water partition coefficient (Wildman–Crippen LogP) is 2.63. The minimum absolute atomic E-state index is 0.453. The van der Waals surface area contributed by atoms with Gasteiger partial charge in [0.15, 0.2) is 0 Å². The second-order valence-electron chi connectivity index (χ2n) is 5.01. The molecule has 0 aliphatic rings. The summed E-state index contributed by atoms with van der Waals surface area (Å²) in [6.07, 6.45) is 9.49. The minimum atomic E-state index is -0.561. The molecule has 0 bridgehead atoms. The summed E-state index contributed by atoms with van der Waals surface area (Å²) in [5, 5.41) is 2.69. The lowest BCUT2D eigenvalue weighted by Gasteiger charge is -2.29. The van der Waals surface area contributed by atoms with Gasteiger partial charge in [-0.1, -0.05) is 57.0 Å². The van der Waals surface area contributed by atoms with Crippen molar-refractivity contribution in [3.63, 3.8) is 0 Å². The maximum Gasteiger partial charge on any atom is 0.377 e. The molecule has 2 N–H and O–H groups in total. The fourth-order valence-electron chi connectivity index (χ4n) is 2.06. The van der Waals surface area contributed by atoms with E-state index >= 15 is 0 Å². The number of carbonyl (C=O) groups excluding carboxylic acids is 1. The van der Waals surface area contributed by atoms with Crippen LogP contribution in [0.5, 0.6) is 0 Å². The van der Waals surface area contributed by atoms with Crippen molar-refractivity contribution < 1.29 is 19.3 Å². The van der Waals surface area contributed by atoms with Gasteiger partial charge < -0.3 is 0 Å². The summed E-state index contributed by atoms with van der Waals surface area (Å²) >= 11 is 0. The zero-order valence-electron chi connectivity index (χ0n) is 14.4. The summed E-state index contributed by atoms with van der Waals surface area (Å²) in [6, 6.07) is -0.561. The number of nitrogens with zero attached hydrogens (tertiary/aromatic N) is 3. The number of hydrazine groups is 2. The average Bonchev–Trinajstić information content (AvgIpc) is 2.54. The Kier molecular flexibility index (Phi) is 13.1. The third-order valence-corrected chi connectivity index (χ3v) is 3.30. The van der Waals surface area contributed by atoms with E-state index in [0.29, 0.717) is 6.54 Å². The molecule has 0 aliphatic heterocycles. The summed E-state index contributed by atoms with van der Waals surface area (Å²) in [5.74, 6) is 5.75. The largest absolute Gasteiger partial charge is 0.377 e. The van der Waals surface area contributed by atoms with Crippen LogP contribution in [-0.4, -0.2) is 49.4 Å². The van der Waals surface area contributed by atoms with Crippen LogP contribution in [-0.2, 0) is 14.5 Å². The van der Waals surface area contributed by atoms with Crippen LogP contribution in [0.3, 0.4) is 0 Å². The summed E-state index contributed by atoms with van der Waals surface area (Å²) < 4.78 is 0. The summed E-state index contributed by atoms with van der Waals surface area (Å²) in [5.41, 5.74) is 0. The molecule has 8 heteroatoms. The van der Waals surface area contributed by atoms with Gasteiger partial charge in [0.05, 0.1) is 26.7 Å². The highest BCUT2D eigenvalue weighted by molar-refractivity contribution is 5.71. The van der Waals surface area contributed by atoms with Gasteiger partial charge in [0.1, 0.15) is 0 Å². The van der Waals surface area contributed by atoms with Gasteiger partial charge in [0.25, 0.3) is 0 Å². The molecule has 2 amide bonds. The topological polar surface area (TPSA) is 80.5 Å². The van der Waals surface area contributed by atoms with E-state index in [1.54, 1.807) is 0 Å². The van der Waals surface area contributed by atoms with Crippen molar-refractivity contribution in [2.75, 3.05) is 27.9 Å². The molecular formula is C14H32N4O4. The van der Waals surface area contributed by atoms with Gasteiger partial charge >= 0.3 is 6.03 Å². The fourth-order valence-corrected chi connectivity index (χ4v) is 2.06. The zero-order chi connectivity index (χ0) is 16.8. The van der Waals surface area contributed by atoms with Crippen molar-refractivity contribution in [1.82, 2.24) is 15.5 Å². The molecule has 0 saturated carbocycles. The van der Waals surface area contributed by atoms with Crippen molar-refractivity contribution in [3.8, 4) is 0 Å². The Morgan fingerprint density at radius 2 is 1.36 bits per heavy atom. The number of nitrogens with two attached hydrogens (primary N) is 1. The maximum atomic E-state index is 12.1. The molecule has 0 rings (SSSR count). The lowest BCUT2D eigenvalue weighted by molar-refractivity contribution is -0.493. The monoisotopic (exact) mass is 320 g/mol. The third-order valence-electron chi connectivity index (χ3n) is 3.30. The first-order chi connectivity index (χ1) is 10.6. The molecule has 0 aromatic heterocycles. The molecule has 0 atom stereocenters.